The highest BCUT2D eigenvalue weighted by molar-refractivity contribution is 7.13. The summed E-state index contributed by atoms with van der Waals surface area (Å²) in [6.45, 7) is 5.27. The Morgan fingerprint density at radius 2 is 1.89 bits per heavy atom. The molecule has 0 radical (unpaired) electrons. The second-order valence-electron chi connectivity index (χ2n) is 6.76. The molecule has 1 aliphatic heterocycles. The lowest BCUT2D eigenvalue weighted by Gasteiger charge is -2.36. The van der Waals surface area contributed by atoms with Crippen LogP contribution in [0.25, 0.3) is 10.6 Å². The van der Waals surface area contributed by atoms with Gasteiger partial charge < -0.3 is 9.80 Å². The van der Waals surface area contributed by atoms with Gasteiger partial charge in [-0.15, -0.1) is 11.3 Å². The number of carbonyl (C=O) groups is 1. The van der Waals surface area contributed by atoms with Crippen molar-refractivity contribution in [1.82, 2.24) is 14.9 Å². The number of thiazole rings is 1. The van der Waals surface area contributed by atoms with Crippen LogP contribution >= 0.6 is 11.3 Å². The fourth-order valence-electron chi connectivity index (χ4n) is 3.33. The van der Waals surface area contributed by atoms with Crippen LogP contribution in [0.1, 0.15) is 11.3 Å². The Balaban J connectivity index is 1.35. The Morgan fingerprint density at radius 3 is 2.63 bits per heavy atom. The molecule has 1 saturated heterocycles. The maximum absolute atomic E-state index is 12.7. The molecule has 1 amide bonds. The van der Waals surface area contributed by atoms with Gasteiger partial charge in [0.25, 0.3) is 0 Å². The van der Waals surface area contributed by atoms with Crippen molar-refractivity contribution in [2.45, 2.75) is 13.3 Å². The largest absolute Gasteiger partial charge is 0.368 e. The molecule has 0 atom stereocenters. The van der Waals surface area contributed by atoms with E-state index in [0.29, 0.717) is 6.42 Å². The topological polar surface area (TPSA) is 49.3 Å². The molecule has 138 valence electrons. The van der Waals surface area contributed by atoms with E-state index in [1.54, 1.807) is 23.7 Å². The van der Waals surface area contributed by atoms with E-state index in [-0.39, 0.29) is 5.91 Å². The lowest BCUT2D eigenvalue weighted by Crippen LogP contribution is -2.49. The molecule has 1 aromatic carbocycles. The average Bonchev–Trinajstić information content (AvgIpc) is 3.17. The summed E-state index contributed by atoms with van der Waals surface area (Å²) in [5.74, 6) is 0.158. The fraction of sp³-hybridized carbons (Fsp3) is 0.286. The smallest absolute Gasteiger partial charge is 0.228 e. The molecule has 1 aliphatic rings. The minimum atomic E-state index is 0.158. The summed E-state index contributed by atoms with van der Waals surface area (Å²) >= 11 is 1.60. The van der Waals surface area contributed by atoms with Crippen LogP contribution in [0, 0.1) is 6.92 Å². The number of aryl methyl sites for hydroxylation is 1. The van der Waals surface area contributed by atoms with Crippen LogP contribution in [-0.2, 0) is 11.2 Å². The monoisotopic (exact) mass is 378 g/mol. The average molecular weight is 379 g/mol. The molecular weight excluding hydrogens is 356 g/mol. The van der Waals surface area contributed by atoms with Gasteiger partial charge in [-0.25, -0.2) is 4.98 Å². The van der Waals surface area contributed by atoms with Crippen molar-refractivity contribution < 1.29 is 4.79 Å². The summed E-state index contributed by atoms with van der Waals surface area (Å²) in [7, 11) is 0. The molecule has 3 aromatic rings. The standard InChI is InChI=1S/C21H22N4OS/c1-16-3-2-4-17(13-16)21-23-18(15-27-21)14-20(26)25-11-9-24(10-12-25)19-5-7-22-8-6-19/h2-8,13,15H,9-12,14H2,1H3. The van der Waals surface area contributed by atoms with Gasteiger partial charge in [0.05, 0.1) is 12.1 Å². The minimum absolute atomic E-state index is 0.158. The first-order chi connectivity index (χ1) is 13.2. The minimum Gasteiger partial charge on any atom is -0.368 e. The number of piperazine rings is 1. The van der Waals surface area contributed by atoms with Gasteiger partial charge in [0.15, 0.2) is 0 Å². The molecule has 27 heavy (non-hydrogen) atoms. The van der Waals surface area contributed by atoms with E-state index in [4.69, 9.17) is 0 Å². The second kappa shape index (κ2) is 7.88. The Kier molecular flexibility index (Phi) is 5.16. The Morgan fingerprint density at radius 1 is 1.11 bits per heavy atom. The van der Waals surface area contributed by atoms with E-state index in [0.717, 1.165) is 42.4 Å². The summed E-state index contributed by atoms with van der Waals surface area (Å²) in [6, 6.07) is 12.3. The van der Waals surface area contributed by atoms with Crippen molar-refractivity contribution in [3.05, 3.63) is 65.4 Å². The zero-order chi connectivity index (χ0) is 18.6. The van der Waals surface area contributed by atoms with Crippen LogP contribution < -0.4 is 4.90 Å². The van der Waals surface area contributed by atoms with E-state index in [1.807, 2.05) is 28.5 Å². The highest BCUT2D eigenvalue weighted by Gasteiger charge is 2.22. The van der Waals surface area contributed by atoms with Crippen LogP contribution in [0.2, 0.25) is 0 Å². The van der Waals surface area contributed by atoms with Crippen LogP contribution in [0.15, 0.2) is 54.2 Å². The van der Waals surface area contributed by atoms with Gasteiger partial charge in [-0.1, -0.05) is 23.8 Å². The van der Waals surface area contributed by atoms with E-state index >= 15 is 0 Å². The molecule has 0 unspecified atom stereocenters. The maximum Gasteiger partial charge on any atom is 0.228 e. The fourth-order valence-corrected chi connectivity index (χ4v) is 4.15. The third kappa shape index (κ3) is 4.17. The first-order valence-electron chi connectivity index (χ1n) is 9.13. The van der Waals surface area contributed by atoms with E-state index in [1.165, 1.54) is 11.3 Å². The predicted octanol–water partition coefficient (Wildman–Crippen LogP) is 3.40. The van der Waals surface area contributed by atoms with Crippen LogP contribution in [-0.4, -0.2) is 47.0 Å². The molecule has 0 aliphatic carbocycles. The Bertz CT molecular complexity index is 917. The van der Waals surface area contributed by atoms with E-state index in [9.17, 15) is 4.79 Å². The Labute approximate surface area is 163 Å². The molecule has 2 aromatic heterocycles. The maximum atomic E-state index is 12.7. The number of nitrogens with zero attached hydrogens (tertiary/aromatic N) is 4. The molecule has 0 saturated carbocycles. The third-order valence-electron chi connectivity index (χ3n) is 4.81. The molecule has 0 N–H and O–H groups in total. The summed E-state index contributed by atoms with van der Waals surface area (Å²) in [6.07, 6.45) is 3.99. The van der Waals surface area contributed by atoms with Gasteiger partial charge in [-0.3, -0.25) is 9.78 Å². The third-order valence-corrected chi connectivity index (χ3v) is 5.75. The first-order valence-corrected chi connectivity index (χ1v) is 10.0. The normalized spacial score (nSPS) is 14.4. The molecule has 4 rings (SSSR count). The number of aromatic nitrogens is 2. The number of amides is 1. The lowest BCUT2D eigenvalue weighted by atomic mass is 10.1. The molecule has 6 heteroatoms. The first kappa shape index (κ1) is 17.7. The number of hydrogen-bond acceptors (Lipinski definition) is 5. The lowest BCUT2D eigenvalue weighted by molar-refractivity contribution is -0.130. The van der Waals surface area contributed by atoms with Crippen LogP contribution in [0.3, 0.4) is 0 Å². The van der Waals surface area contributed by atoms with Gasteiger partial charge in [0.1, 0.15) is 5.01 Å². The van der Waals surface area contributed by atoms with Crippen molar-refractivity contribution in [3.63, 3.8) is 0 Å². The van der Waals surface area contributed by atoms with Crippen molar-refractivity contribution in [1.29, 1.82) is 0 Å². The van der Waals surface area contributed by atoms with Crippen molar-refractivity contribution in [3.8, 4) is 10.6 Å². The van der Waals surface area contributed by atoms with E-state index < -0.39 is 0 Å². The number of rotatable bonds is 4. The molecule has 0 bridgehead atoms. The highest BCUT2D eigenvalue weighted by Crippen LogP contribution is 2.25. The van der Waals surface area contributed by atoms with Crippen molar-refractivity contribution in [2.75, 3.05) is 31.1 Å². The summed E-state index contributed by atoms with van der Waals surface area (Å²) in [5.41, 5.74) is 4.36. The van der Waals surface area contributed by atoms with Gasteiger partial charge >= 0.3 is 0 Å². The van der Waals surface area contributed by atoms with Gasteiger partial charge in [-0.2, -0.15) is 0 Å². The summed E-state index contributed by atoms with van der Waals surface area (Å²) in [4.78, 5) is 25.7. The van der Waals surface area contributed by atoms with Gasteiger partial charge in [-0.05, 0) is 25.1 Å². The van der Waals surface area contributed by atoms with Crippen molar-refractivity contribution >= 4 is 22.9 Å². The quantitative estimate of drug-likeness (QED) is 0.698. The van der Waals surface area contributed by atoms with E-state index in [2.05, 4.69) is 40.0 Å². The molecule has 1 fully saturated rings. The number of benzene rings is 1. The van der Waals surface area contributed by atoms with Crippen molar-refractivity contribution in [2.24, 2.45) is 0 Å². The van der Waals surface area contributed by atoms with Crippen LogP contribution in [0.4, 0.5) is 5.69 Å². The van der Waals surface area contributed by atoms with Crippen LogP contribution in [0.5, 0.6) is 0 Å². The number of carbonyl (C=O) groups excluding carboxylic acids is 1. The summed E-state index contributed by atoms with van der Waals surface area (Å²) in [5, 5.41) is 2.98. The summed E-state index contributed by atoms with van der Waals surface area (Å²) < 4.78 is 0. The van der Waals surface area contributed by atoms with Gasteiger partial charge in [0, 0.05) is 55.2 Å². The molecule has 3 heterocycles. The zero-order valence-corrected chi connectivity index (χ0v) is 16.2. The number of hydrogen-bond donors (Lipinski definition) is 0. The zero-order valence-electron chi connectivity index (χ0n) is 15.3. The second-order valence-corrected chi connectivity index (χ2v) is 7.62. The number of anilines is 1. The van der Waals surface area contributed by atoms with Gasteiger partial charge in [0.2, 0.25) is 5.91 Å². The number of pyridine rings is 1. The molecule has 5 nitrogen and oxygen atoms in total. The molecular formula is C21H22N4OS. The SMILES string of the molecule is Cc1cccc(-c2nc(CC(=O)N3CCN(c4ccncc4)CC3)cs2)c1. The predicted molar refractivity (Wildman–Crippen MR) is 109 cm³/mol. The molecule has 0 spiro atoms. The Hall–Kier alpha value is -2.73. The highest BCUT2D eigenvalue weighted by atomic mass is 32.1.